The third-order valence-electron chi connectivity index (χ3n) is 6.60. The first-order valence-corrected chi connectivity index (χ1v) is 10.8. The molecule has 2 aliphatic rings. The Kier molecular flexibility index (Phi) is 5.52. The van der Waals surface area contributed by atoms with E-state index in [0.29, 0.717) is 29.8 Å². The average molecular weight is 418 g/mol. The summed E-state index contributed by atoms with van der Waals surface area (Å²) in [7, 11) is 0. The molecular formula is C26H27NO4. The molecule has 0 unspecified atom stereocenters. The molecule has 0 radical (unpaired) electrons. The number of anilines is 1. The zero-order chi connectivity index (χ0) is 22.2. The Morgan fingerprint density at radius 2 is 1.48 bits per heavy atom. The maximum absolute atomic E-state index is 12.7. The summed E-state index contributed by atoms with van der Waals surface area (Å²) in [5.74, 6) is -0.877. The molecule has 1 saturated heterocycles. The Morgan fingerprint density at radius 3 is 2.00 bits per heavy atom. The summed E-state index contributed by atoms with van der Waals surface area (Å²) in [5, 5.41) is 0. The largest absolute Gasteiger partial charge is 0.423 e. The first kappa shape index (κ1) is 21.0. The fourth-order valence-corrected chi connectivity index (χ4v) is 4.15. The molecule has 31 heavy (non-hydrogen) atoms. The van der Waals surface area contributed by atoms with E-state index in [-0.39, 0.29) is 29.1 Å². The van der Waals surface area contributed by atoms with Gasteiger partial charge in [0.25, 0.3) is 0 Å². The second-order valence-corrected chi connectivity index (χ2v) is 8.87. The molecule has 1 heterocycles. The summed E-state index contributed by atoms with van der Waals surface area (Å²) in [4.78, 5) is 39.2. The number of hydrogen-bond acceptors (Lipinski definition) is 4. The van der Waals surface area contributed by atoms with Crippen molar-refractivity contribution in [2.45, 2.75) is 45.4 Å². The second kappa shape index (κ2) is 8.14. The van der Waals surface area contributed by atoms with Gasteiger partial charge in [0, 0.05) is 0 Å². The minimum atomic E-state index is -0.481. The monoisotopic (exact) mass is 417 g/mol. The summed E-state index contributed by atoms with van der Waals surface area (Å²) in [6.07, 6.45) is 6.14. The summed E-state index contributed by atoms with van der Waals surface area (Å²) in [5.41, 5.74) is 2.11. The van der Waals surface area contributed by atoms with E-state index in [4.69, 9.17) is 4.74 Å². The van der Waals surface area contributed by atoms with Crippen molar-refractivity contribution < 1.29 is 19.1 Å². The van der Waals surface area contributed by atoms with Crippen LogP contribution in [-0.4, -0.2) is 17.8 Å². The van der Waals surface area contributed by atoms with Crippen molar-refractivity contribution in [3.63, 3.8) is 0 Å². The molecule has 0 aromatic heterocycles. The van der Waals surface area contributed by atoms with Crippen molar-refractivity contribution in [3.8, 4) is 5.75 Å². The summed E-state index contributed by atoms with van der Waals surface area (Å²) >= 11 is 0. The molecule has 2 amide bonds. The topological polar surface area (TPSA) is 63.7 Å². The molecule has 1 aliphatic carbocycles. The first-order valence-electron chi connectivity index (χ1n) is 10.8. The Labute approximate surface area is 182 Å². The number of allylic oxidation sites excluding steroid dienone is 2. The van der Waals surface area contributed by atoms with Crippen LogP contribution >= 0.6 is 0 Å². The number of nitrogens with zero attached hydrogens (tertiary/aromatic N) is 1. The van der Waals surface area contributed by atoms with Crippen LogP contribution in [0, 0.1) is 11.8 Å². The summed E-state index contributed by atoms with van der Waals surface area (Å²) in [6, 6.07) is 14.0. The number of benzene rings is 2. The molecular weight excluding hydrogens is 390 g/mol. The lowest BCUT2D eigenvalue weighted by atomic mass is 9.82. The highest BCUT2D eigenvalue weighted by Crippen LogP contribution is 2.37. The highest BCUT2D eigenvalue weighted by Gasteiger charge is 2.47. The molecule has 1 fully saturated rings. The van der Waals surface area contributed by atoms with Crippen molar-refractivity contribution >= 4 is 23.5 Å². The number of hydrogen-bond donors (Lipinski definition) is 0. The quantitative estimate of drug-likeness (QED) is 0.296. The number of carbonyl (C=O) groups excluding carboxylic acids is 3. The van der Waals surface area contributed by atoms with E-state index < -0.39 is 5.97 Å². The van der Waals surface area contributed by atoms with Gasteiger partial charge in [-0.1, -0.05) is 45.1 Å². The normalized spacial score (nSPS) is 20.7. The minimum absolute atomic E-state index is 0.0659. The molecule has 0 spiro atoms. The molecule has 5 heteroatoms. The number of esters is 1. The van der Waals surface area contributed by atoms with Crippen LogP contribution in [0.4, 0.5) is 5.69 Å². The zero-order valence-corrected chi connectivity index (χ0v) is 18.1. The van der Waals surface area contributed by atoms with Crippen molar-refractivity contribution in [3.05, 3.63) is 71.8 Å². The minimum Gasteiger partial charge on any atom is -0.423 e. The average Bonchev–Trinajstić information content (AvgIpc) is 3.04. The van der Waals surface area contributed by atoms with Gasteiger partial charge in [-0.25, -0.2) is 4.79 Å². The van der Waals surface area contributed by atoms with E-state index in [1.807, 2.05) is 24.3 Å². The smallest absolute Gasteiger partial charge is 0.343 e. The fraction of sp³-hybridized carbons (Fsp3) is 0.346. The maximum atomic E-state index is 12.7. The lowest BCUT2D eigenvalue weighted by Gasteiger charge is -2.23. The standard InChI is InChI=1S/C26H27NO4/c1-4-26(2,3)18-11-15-20(16-12-18)31-25(30)17-9-13-19(14-10-17)27-23(28)21-7-5-6-8-22(21)24(27)29/h5-6,9-16,21-22H,4,7-8H2,1-3H3/t21-,22+. The molecule has 5 nitrogen and oxygen atoms in total. The van der Waals surface area contributed by atoms with Crippen LogP contribution < -0.4 is 9.64 Å². The molecule has 2 atom stereocenters. The third kappa shape index (κ3) is 3.92. The number of imide groups is 1. The lowest BCUT2D eigenvalue weighted by molar-refractivity contribution is -0.122. The van der Waals surface area contributed by atoms with Crippen LogP contribution in [0.2, 0.25) is 0 Å². The maximum Gasteiger partial charge on any atom is 0.343 e. The van der Waals surface area contributed by atoms with Gasteiger partial charge in [-0.3, -0.25) is 14.5 Å². The molecule has 0 bridgehead atoms. The van der Waals surface area contributed by atoms with Gasteiger partial charge < -0.3 is 4.74 Å². The number of fused-ring (bicyclic) bond motifs is 1. The van der Waals surface area contributed by atoms with Crippen LogP contribution in [0.1, 0.15) is 56.0 Å². The molecule has 0 saturated carbocycles. The van der Waals surface area contributed by atoms with E-state index in [1.54, 1.807) is 36.4 Å². The fourth-order valence-electron chi connectivity index (χ4n) is 4.15. The molecule has 0 N–H and O–H groups in total. The van der Waals surface area contributed by atoms with Gasteiger partial charge in [0.2, 0.25) is 11.8 Å². The molecule has 2 aromatic carbocycles. The second-order valence-electron chi connectivity index (χ2n) is 8.87. The zero-order valence-electron chi connectivity index (χ0n) is 18.1. The van der Waals surface area contributed by atoms with E-state index in [2.05, 4.69) is 20.8 Å². The highest BCUT2D eigenvalue weighted by molar-refractivity contribution is 6.22. The van der Waals surface area contributed by atoms with Gasteiger partial charge in [0.1, 0.15) is 5.75 Å². The summed E-state index contributed by atoms with van der Waals surface area (Å²) < 4.78 is 5.49. The Balaban J connectivity index is 1.45. The van der Waals surface area contributed by atoms with Crippen molar-refractivity contribution in [2.75, 3.05) is 4.90 Å². The van der Waals surface area contributed by atoms with Crippen molar-refractivity contribution in [2.24, 2.45) is 11.8 Å². The molecule has 4 rings (SSSR count). The van der Waals surface area contributed by atoms with Gasteiger partial charge in [0.05, 0.1) is 23.1 Å². The molecule has 2 aromatic rings. The predicted molar refractivity (Wildman–Crippen MR) is 119 cm³/mol. The summed E-state index contributed by atoms with van der Waals surface area (Å²) in [6.45, 7) is 6.50. The third-order valence-corrected chi connectivity index (χ3v) is 6.60. The lowest BCUT2D eigenvalue weighted by Crippen LogP contribution is -2.30. The van der Waals surface area contributed by atoms with E-state index in [1.165, 1.54) is 10.5 Å². The number of ether oxygens (including phenoxy) is 1. The number of carbonyl (C=O) groups is 3. The van der Waals surface area contributed by atoms with Crippen LogP contribution in [0.15, 0.2) is 60.7 Å². The van der Waals surface area contributed by atoms with Gasteiger partial charge in [0.15, 0.2) is 0 Å². The van der Waals surface area contributed by atoms with Gasteiger partial charge in [-0.05, 0) is 66.6 Å². The highest BCUT2D eigenvalue weighted by atomic mass is 16.5. The Bertz CT molecular complexity index is 1010. The number of rotatable bonds is 5. The van der Waals surface area contributed by atoms with Crippen LogP contribution in [0.25, 0.3) is 0 Å². The Hall–Kier alpha value is -3.21. The molecule has 160 valence electrons. The van der Waals surface area contributed by atoms with Crippen LogP contribution in [-0.2, 0) is 15.0 Å². The van der Waals surface area contributed by atoms with Crippen LogP contribution in [0.3, 0.4) is 0 Å². The Morgan fingerprint density at radius 1 is 0.935 bits per heavy atom. The number of amides is 2. The first-order chi connectivity index (χ1) is 14.8. The van der Waals surface area contributed by atoms with E-state index in [0.717, 1.165) is 6.42 Å². The van der Waals surface area contributed by atoms with Gasteiger partial charge >= 0.3 is 5.97 Å². The van der Waals surface area contributed by atoms with Crippen molar-refractivity contribution in [1.82, 2.24) is 0 Å². The van der Waals surface area contributed by atoms with Gasteiger partial charge in [-0.15, -0.1) is 0 Å². The van der Waals surface area contributed by atoms with E-state index in [9.17, 15) is 14.4 Å². The van der Waals surface area contributed by atoms with E-state index >= 15 is 0 Å². The van der Waals surface area contributed by atoms with Crippen LogP contribution in [0.5, 0.6) is 5.75 Å². The van der Waals surface area contributed by atoms with Gasteiger partial charge in [-0.2, -0.15) is 0 Å². The SMILES string of the molecule is CCC(C)(C)c1ccc(OC(=O)c2ccc(N3C(=O)[C@H]4CC=CC[C@H]4C3=O)cc2)cc1. The van der Waals surface area contributed by atoms with Crippen molar-refractivity contribution in [1.29, 1.82) is 0 Å². The molecule has 1 aliphatic heterocycles. The predicted octanol–water partition coefficient (Wildman–Crippen LogP) is 5.05.